The summed E-state index contributed by atoms with van der Waals surface area (Å²) in [7, 11) is 1.70. The Kier molecular flexibility index (Phi) is 4.19. The van der Waals surface area contributed by atoms with Crippen molar-refractivity contribution in [3.05, 3.63) is 36.0 Å². The van der Waals surface area contributed by atoms with Crippen LogP contribution in [0.3, 0.4) is 0 Å². The Hall–Kier alpha value is -1.65. The molecule has 1 aromatic heterocycles. The molecule has 0 aliphatic carbocycles. The topological polar surface area (TPSA) is 51.4 Å². The number of nitrogens with two attached hydrogens (primary N) is 1. The second-order valence-electron chi connectivity index (χ2n) is 7.32. The number of aromatic nitrogens is 1. The predicted molar refractivity (Wildman–Crippen MR) is 97.1 cm³/mol. The number of hydrogen-bond donors (Lipinski definition) is 1. The Labute approximate surface area is 144 Å². The molecule has 3 saturated heterocycles. The molecule has 3 fully saturated rings. The summed E-state index contributed by atoms with van der Waals surface area (Å²) in [5.74, 6) is 2.57. The molecule has 2 N–H and O–H groups in total. The Balaban J connectivity index is 1.68. The fraction of sp³-hybridized carbons (Fsp3) is 0.550. The van der Waals surface area contributed by atoms with Gasteiger partial charge in [0.05, 0.1) is 12.6 Å². The van der Waals surface area contributed by atoms with Crippen LogP contribution in [0.15, 0.2) is 30.5 Å². The van der Waals surface area contributed by atoms with E-state index in [1.807, 2.05) is 18.3 Å². The molecule has 24 heavy (non-hydrogen) atoms. The van der Waals surface area contributed by atoms with Crippen molar-refractivity contribution >= 4 is 10.9 Å². The van der Waals surface area contributed by atoms with Gasteiger partial charge in [-0.15, -0.1) is 0 Å². The molecule has 128 valence electrons. The highest BCUT2D eigenvalue weighted by Gasteiger charge is 2.41. The fourth-order valence-corrected chi connectivity index (χ4v) is 4.79. The smallest absolute Gasteiger partial charge is 0.119 e. The van der Waals surface area contributed by atoms with E-state index < -0.39 is 0 Å². The zero-order valence-electron chi connectivity index (χ0n) is 14.6. The maximum atomic E-state index is 6.79. The van der Waals surface area contributed by atoms with E-state index >= 15 is 0 Å². The lowest BCUT2D eigenvalue weighted by Gasteiger charge is -2.51. The number of rotatable bonds is 4. The zero-order chi connectivity index (χ0) is 16.7. The van der Waals surface area contributed by atoms with Gasteiger partial charge in [-0.2, -0.15) is 0 Å². The second kappa shape index (κ2) is 6.34. The van der Waals surface area contributed by atoms with Gasteiger partial charge < -0.3 is 10.5 Å². The Morgan fingerprint density at radius 2 is 2.25 bits per heavy atom. The summed E-state index contributed by atoms with van der Waals surface area (Å²) in [5.41, 5.74) is 8.98. The minimum absolute atomic E-state index is 0.0308. The molecule has 3 unspecified atom stereocenters. The maximum absolute atomic E-state index is 6.79. The van der Waals surface area contributed by atoms with E-state index in [0.717, 1.165) is 28.5 Å². The van der Waals surface area contributed by atoms with Crippen LogP contribution in [-0.2, 0) is 0 Å². The van der Waals surface area contributed by atoms with Crippen LogP contribution in [-0.4, -0.2) is 36.1 Å². The molecule has 0 saturated carbocycles. The average Bonchev–Trinajstić information content (AvgIpc) is 2.66. The first-order valence-electron chi connectivity index (χ1n) is 9.13. The van der Waals surface area contributed by atoms with E-state index in [0.29, 0.717) is 6.04 Å². The first kappa shape index (κ1) is 15.9. The third-order valence-electron chi connectivity index (χ3n) is 6.22. The van der Waals surface area contributed by atoms with Gasteiger partial charge in [-0.05, 0) is 61.1 Å². The molecule has 0 amide bonds. The van der Waals surface area contributed by atoms with Crippen LogP contribution in [0.1, 0.15) is 37.8 Å². The summed E-state index contributed by atoms with van der Waals surface area (Å²) in [4.78, 5) is 7.12. The van der Waals surface area contributed by atoms with Crippen LogP contribution in [0.5, 0.6) is 5.75 Å². The zero-order valence-corrected chi connectivity index (χ0v) is 14.6. The summed E-state index contributed by atoms with van der Waals surface area (Å²) in [6, 6.07) is 8.62. The van der Waals surface area contributed by atoms with Crippen molar-refractivity contribution in [3.63, 3.8) is 0 Å². The van der Waals surface area contributed by atoms with E-state index in [2.05, 4.69) is 28.9 Å². The molecule has 4 heteroatoms. The molecule has 2 aromatic rings. The molecule has 4 nitrogen and oxygen atoms in total. The van der Waals surface area contributed by atoms with Crippen molar-refractivity contribution in [1.82, 2.24) is 9.88 Å². The van der Waals surface area contributed by atoms with Gasteiger partial charge in [0.25, 0.3) is 0 Å². The highest BCUT2D eigenvalue weighted by molar-refractivity contribution is 5.84. The molecule has 5 rings (SSSR count). The minimum Gasteiger partial charge on any atom is -0.497 e. The van der Waals surface area contributed by atoms with E-state index in [4.69, 9.17) is 10.5 Å². The van der Waals surface area contributed by atoms with Gasteiger partial charge in [-0.3, -0.25) is 9.88 Å². The Bertz CT molecular complexity index is 732. The van der Waals surface area contributed by atoms with Gasteiger partial charge in [0.1, 0.15) is 5.75 Å². The Morgan fingerprint density at radius 1 is 1.38 bits per heavy atom. The van der Waals surface area contributed by atoms with Gasteiger partial charge in [0.2, 0.25) is 0 Å². The number of hydrogen-bond acceptors (Lipinski definition) is 4. The molecular formula is C20H27N3O. The highest BCUT2D eigenvalue weighted by atomic mass is 16.5. The summed E-state index contributed by atoms with van der Waals surface area (Å²) in [6.45, 7) is 4.74. The molecule has 4 heterocycles. The highest BCUT2D eigenvalue weighted by Crippen LogP contribution is 2.42. The SMILES string of the molecule is CC[C@H]1CN2CCC1CC2[C@@H](N)c1ccnc2ccc(OC)cc12. The van der Waals surface area contributed by atoms with E-state index in [1.165, 1.54) is 37.9 Å². The van der Waals surface area contributed by atoms with E-state index in [1.54, 1.807) is 7.11 Å². The summed E-state index contributed by atoms with van der Waals surface area (Å²) < 4.78 is 5.40. The molecule has 2 bridgehead atoms. The van der Waals surface area contributed by atoms with Gasteiger partial charge >= 0.3 is 0 Å². The van der Waals surface area contributed by atoms with Gasteiger partial charge in [0.15, 0.2) is 0 Å². The Morgan fingerprint density at radius 3 is 2.96 bits per heavy atom. The number of piperidine rings is 3. The third kappa shape index (κ3) is 2.58. The quantitative estimate of drug-likeness (QED) is 0.936. The normalized spacial score (nSPS) is 30.5. The first-order chi connectivity index (χ1) is 11.7. The average molecular weight is 325 g/mol. The lowest BCUT2D eigenvalue weighted by molar-refractivity contribution is -0.0105. The van der Waals surface area contributed by atoms with Crippen LogP contribution in [0.2, 0.25) is 0 Å². The van der Waals surface area contributed by atoms with Crippen LogP contribution >= 0.6 is 0 Å². The third-order valence-corrected chi connectivity index (χ3v) is 6.22. The molecule has 3 aliphatic rings. The van der Waals surface area contributed by atoms with Gasteiger partial charge in [-0.1, -0.05) is 13.3 Å². The van der Waals surface area contributed by atoms with Crippen LogP contribution in [0, 0.1) is 11.8 Å². The van der Waals surface area contributed by atoms with Crippen LogP contribution in [0.25, 0.3) is 10.9 Å². The largest absolute Gasteiger partial charge is 0.497 e. The molecule has 0 spiro atoms. The number of benzene rings is 1. The van der Waals surface area contributed by atoms with Crippen molar-refractivity contribution in [2.45, 2.75) is 38.3 Å². The van der Waals surface area contributed by atoms with Crippen molar-refractivity contribution in [1.29, 1.82) is 0 Å². The maximum Gasteiger partial charge on any atom is 0.119 e. The lowest BCUT2D eigenvalue weighted by Crippen LogP contribution is -2.56. The van der Waals surface area contributed by atoms with Gasteiger partial charge in [0, 0.05) is 30.2 Å². The fourth-order valence-electron chi connectivity index (χ4n) is 4.79. The second-order valence-corrected chi connectivity index (χ2v) is 7.32. The molecule has 3 aliphatic heterocycles. The summed E-state index contributed by atoms with van der Waals surface area (Å²) in [6.07, 6.45) is 5.74. The molecule has 5 atom stereocenters. The molecule has 1 aromatic carbocycles. The number of fused-ring (bicyclic) bond motifs is 4. The summed E-state index contributed by atoms with van der Waals surface area (Å²) >= 11 is 0. The number of ether oxygens (including phenoxy) is 1. The van der Waals surface area contributed by atoms with Crippen molar-refractivity contribution in [2.24, 2.45) is 17.6 Å². The van der Waals surface area contributed by atoms with Crippen molar-refractivity contribution < 1.29 is 4.74 Å². The standard InChI is InChI=1S/C20H27N3O/c1-3-13-12-23-9-7-14(13)10-19(23)20(21)16-6-8-22-18-5-4-15(24-2)11-17(16)18/h4-6,8,11,13-14,19-20H,3,7,9-10,12,21H2,1-2H3/t13-,14?,19?,20-/m0/s1. The van der Waals surface area contributed by atoms with E-state index in [9.17, 15) is 0 Å². The lowest BCUT2D eigenvalue weighted by atomic mass is 9.72. The van der Waals surface area contributed by atoms with Crippen LogP contribution < -0.4 is 10.5 Å². The van der Waals surface area contributed by atoms with Crippen molar-refractivity contribution in [3.8, 4) is 5.75 Å². The predicted octanol–water partition coefficient (Wildman–Crippen LogP) is 3.36. The number of nitrogens with zero attached hydrogens (tertiary/aromatic N) is 2. The van der Waals surface area contributed by atoms with Crippen LogP contribution in [0.4, 0.5) is 0 Å². The molecular weight excluding hydrogens is 298 g/mol. The minimum atomic E-state index is 0.0308. The first-order valence-corrected chi connectivity index (χ1v) is 9.13. The number of pyridine rings is 1. The van der Waals surface area contributed by atoms with Crippen molar-refractivity contribution in [2.75, 3.05) is 20.2 Å². The van der Waals surface area contributed by atoms with Gasteiger partial charge in [-0.25, -0.2) is 0 Å². The van der Waals surface area contributed by atoms with E-state index in [-0.39, 0.29) is 6.04 Å². The monoisotopic (exact) mass is 325 g/mol. The molecule has 0 radical (unpaired) electrons. The summed E-state index contributed by atoms with van der Waals surface area (Å²) in [5, 5.41) is 1.12. The number of methoxy groups -OCH3 is 1.